The molecule has 0 radical (unpaired) electrons. The number of carboxylic acids is 1. The van der Waals surface area contributed by atoms with Gasteiger partial charge < -0.3 is 10.0 Å². The van der Waals surface area contributed by atoms with E-state index in [0.29, 0.717) is 17.2 Å². The highest BCUT2D eigenvalue weighted by atomic mass is 16.4. The van der Waals surface area contributed by atoms with Gasteiger partial charge in [-0.3, -0.25) is 9.78 Å². The van der Waals surface area contributed by atoms with Gasteiger partial charge in [-0.25, -0.2) is 4.79 Å². The first-order chi connectivity index (χ1) is 9.32. The zero-order valence-electron chi connectivity index (χ0n) is 12.2. The first kappa shape index (κ1) is 15.9. The highest BCUT2D eigenvalue weighted by Crippen LogP contribution is 2.12. The van der Waals surface area contributed by atoms with Crippen molar-refractivity contribution in [2.45, 2.75) is 26.8 Å². The molecule has 5 heteroatoms. The van der Waals surface area contributed by atoms with Gasteiger partial charge in [-0.15, -0.1) is 0 Å². The Balaban J connectivity index is 2.83. The van der Waals surface area contributed by atoms with Gasteiger partial charge in [0.1, 0.15) is 5.69 Å². The number of aromatic nitrogens is 1. The number of carbonyl (C=O) groups is 2. The van der Waals surface area contributed by atoms with Crippen molar-refractivity contribution >= 4 is 18.0 Å². The number of carboxylic acid groups (broad SMARTS) is 1. The summed E-state index contributed by atoms with van der Waals surface area (Å²) in [7, 11) is 1.76. The number of rotatable bonds is 5. The van der Waals surface area contributed by atoms with Crippen LogP contribution in [0, 0.1) is 5.92 Å². The van der Waals surface area contributed by atoms with E-state index in [-0.39, 0.29) is 11.9 Å². The van der Waals surface area contributed by atoms with Crippen molar-refractivity contribution in [3.05, 3.63) is 35.7 Å². The Morgan fingerprint density at radius 1 is 1.30 bits per heavy atom. The SMILES string of the molecule is CC(C)C(C)N(C)C(=O)c1ccc(C=CC(=O)O)cn1. The average molecular weight is 276 g/mol. The molecule has 1 N–H and O–H groups in total. The summed E-state index contributed by atoms with van der Waals surface area (Å²) in [5.41, 5.74) is 0.996. The minimum absolute atomic E-state index is 0.121. The number of pyridine rings is 1. The molecule has 108 valence electrons. The molecule has 0 saturated heterocycles. The largest absolute Gasteiger partial charge is 0.478 e. The fraction of sp³-hybridized carbons (Fsp3) is 0.400. The predicted octanol–water partition coefficient (Wildman–Crippen LogP) is 2.30. The fourth-order valence-corrected chi connectivity index (χ4v) is 1.61. The zero-order chi connectivity index (χ0) is 15.3. The van der Waals surface area contributed by atoms with E-state index in [1.165, 1.54) is 12.3 Å². The number of amides is 1. The van der Waals surface area contributed by atoms with E-state index in [4.69, 9.17) is 5.11 Å². The third-order valence-corrected chi connectivity index (χ3v) is 3.32. The van der Waals surface area contributed by atoms with Crippen LogP contribution in [0.15, 0.2) is 24.4 Å². The predicted molar refractivity (Wildman–Crippen MR) is 77.3 cm³/mol. The molecule has 1 aromatic heterocycles. The van der Waals surface area contributed by atoms with Gasteiger partial charge in [0.2, 0.25) is 0 Å². The Morgan fingerprint density at radius 3 is 2.40 bits per heavy atom. The highest BCUT2D eigenvalue weighted by molar-refractivity contribution is 5.92. The van der Waals surface area contributed by atoms with Gasteiger partial charge in [0.05, 0.1) is 0 Å². The highest BCUT2D eigenvalue weighted by Gasteiger charge is 2.20. The molecule has 0 spiro atoms. The van der Waals surface area contributed by atoms with Crippen molar-refractivity contribution in [1.29, 1.82) is 0 Å². The molecule has 1 amide bonds. The van der Waals surface area contributed by atoms with E-state index in [9.17, 15) is 9.59 Å². The van der Waals surface area contributed by atoms with Crippen molar-refractivity contribution in [3.63, 3.8) is 0 Å². The lowest BCUT2D eigenvalue weighted by molar-refractivity contribution is -0.131. The van der Waals surface area contributed by atoms with Crippen LogP contribution in [0.1, 0.15) is 36.8 Å². The molecule has 0 aliphatic rings. The van der Waals surface area contributed by atoms with E-state index in [1.807, 2.05) is 6.92 Å². The van der Waals surface area contributed by atoms with Crippen LogP contribution in [-0.2, 0) is 4.79 Å². The molecule has 1 aromatic rings. The summed E-state index contributed by atoms with van der Waals surface area (Å²) in [5, 5.41) is 8.54. The summed E-state index contributed by atoms with van der Waals surface area (Å²) in [6.07, 6.45) is 3.95. The molecule has 1 rings (SSSR count). The molecule has 20 heavy (non-hydrogen) atoms. The molecule has 1 heterocycles. The lowest BCUT2D eigenvalue weighted by Crippen LogP contribution is -2.38. The molecule has 0 saturated carbocycles. The second-order valence-electron chi connectivity index (χ2n) is 5.05. The van der Waals surface area contributed by atoms with Gasteiger partial charge in [0, 0.05) is 25.4 Å². The minimum Gasteiger partial charge on any atom is -0.478 e. The number of nitrogens with zero attached hydrogens (tertiary/aromatic N) is 2. The van der Waals surface area contributed by atoms with Crippen LogP contribution in [-0.4, -0.2) is 40.0 Å². The summed E-state index contributed by atoms with van der Waals surface area (Å²) in [4.78, 5) is 28.4. The van der Waals surface area contributed by atoms with Gasteiger partial charge in [-0.2, -0.15) is 0 Å². The maximum absolute atomic E-state index is 12.2. The molecule has 5 nitrogen and oxygen atoms in total. The minimum atomic E-state index is -1.02. The van der Waals surface area contributed by atoms with E-state index in [1.54, 1.807) is 24.1 Å². The molecule has 0 bridgehead atoms. The van der Waals surface area contributed by atoms with Crippen LogP contribution in [0.4, 0.5) is 0 Å². The molecular weight excluding hydrogens is 256 g/mol. The summed E-state index contributed by atoms with van der Waals surface area (Å²) in [6.45, 7) is 6.11. The lowest BCUT2D eigenvalue weighted by Gasteiger charge is -2.27. The van der Waals surface area contributed by atoms with E-state index in [2.05, 4.69) is 18.8 Å². The number of aliphatic carboxylic acids is 1. The van der Waals surface area contributed by atoms with E-state index < -0.39 is 5.97 Å². The number of carbonyl (C=O) groups excluding carboxylic acids is 1. The molecule has 1 unspecified atom stereocenters. The third-order valence-electron chi connectivity index (χ3n) is 3.32. The third kappa shape index (κ3) is 4.19. The van der Waals surface area contributed by atoms with Gasteiger partial charge in [-0.05, 0) is 30.5 Å². The van der Waals surface area contributed by atoms with Crippen molar-refractivity contribution in [2.24, 2.45) is 5.92 Å². The number of hydrogen-bond donors (Lipinski definition) is 1. The van der Waals surface area contributed by atoms with Gasteiger partial charge >= 0.3 is 5.97 Å². The Kier molecular flexibility index (Phi) is 5.43. The topological polar surface area (TPSA) is 70.5 Å². The van der Waals surface area contributed by atoms with Crippen LogP contribution < -0.4 is 0 Å². The van der Waals surface area contributed by atoms with Gasteiger partial charge in [0.25, 0.3) is 5.91 Å². The molecular formula is C15H20N2O3. The quantitative estimate of drug-likeness (QED) is 0.838. The van der Waals surface area contributed by atoms with Crippen LogP contribution in [0.2, 0.25) is 0 Å². The van der Waals surface area contributed by atoms with Crippen molar-refractivity contribution in [2.75, 3.05) is 7.05 Å². The molecule has 0 aromatic carbocycles. The summed E-state index contributed by atoms with van der Waals surface area (Å²) in [6, 6.07) is 3.40. The lowest BCUT2D eigenvalue weighted by atomic mass is 10.0. The van der Waals surface area contributed by atoms with E-state index in [0.717, 1.165) is 6.08 Å². The zero-order valence-corrected chi connectivity index (χ0v) is 12.2. The van der Waals surface area contributed by atoms with Crippen LogP contribution in [0.5, 0.6) is 0 Å². The van der Waals surface area contributed by atoms with Gasteiger partial charge in [0.15, 0.2) is 0 Å². The van der Waals surface area contributed by atoms with Crippen LogP contribution in [0.3, 0.4) is 0 Å². The summed E-state index contributed by atoms with van der Waals surface area (Å²) >= 11 is 0. The smallest absolute Gasteiger partial charge is 0.328 e. The number of hydrogen-bond acceptors (Lipinski definition) is 3. The molecule has 1 atom stereocenters. The summed E-state index contributed by atoms with van der Waals surface area (Å²) in [5.74, 6) is -0.794. The Hall–Kier alpha value is -2.17. The van der Waals surface area contributed by atoms with Gasteiger partial charge in [-0.1, -0.05) is 19.9 Å². The Bertz CT molecular complexity index is 506. The molecule has 0 fully saturated rings. The monoisotopic (exact) mass is 276 g/mol. The Morgan fingerprint density at radius 2 is 1.95 bits per heavy atom. The normalized spacial score (nSPS) is 12.7. The van der Waals surface area contributed by atoms with Crippen LogP contribution >= 0.6 is 0 Å². The second-order valence-corrected chi connectivity index (χ2v) is 5.05. The fourth-order valence-electron chi connectivity index (χ4n) is 1.61. The average Bonchev–Trinajstić information content (AvgIpc) is 2.43. The first-order valence-electron chi connectivity index (χ1n) is 6.47. The van der Waals surface area contributed by atoms with Crippen molar-refractivity contribution in [1.82, 2.24) is 9.88 Å². The van der Waals surface area contributed by atoms with Crippen molar-refractivity contribution < 1.29 is 14.7 Å². The standard InChI is InChI=1S/C15H20N2O3/c1-10(2)11(3)17(4)15(20)13-7-5-12(9-16-13)6-8-14(18)19/h5-11H,1-4H3,(H,18,19). The second kappa shape index (κ2) is 6.84. The maximum atomic E-state index is 12.2. The maximum Gasteiger partial charge on any atom is 0.328 e. The summed E-state index contributed by atoms with van der Waals surface area (Å²) < 4.78 is 0. The first-order valence-corrected chi connectivity index (χ1v) is 6.47. The molecule has 0 aliphatic carbocycles. The van der Waals surface area contributed by atoms with Crippen LogP contribution in [0.25, 0.3) is 6.08 Å². The molecule has 0 aliphatic heterocycles. The van der Waals surface area contributed by atoms with E-state index >= 15 is 0 Å². The Labute approximate surface area is 118 Å². The van der Waals surface area contributed by atoms with Crippen molar-refractivity contribution in [3.8, 4) is 0 Å².